The van der Waals surface area contributed by atoms with Gasteiger partial charge in [-0.3, -0.25) is 0 Å². The van der Waals surface area contributed by atoms with Crippen LogP contribution in [0.25, 0.3) is 0 Å². The van der Waals surface area contributed by atoms with E-state index in [1.807, 2.05) is 0 Å². The third kappa shape index (κ3) is 1.59. The molecule has 4 heteroatoms. The molecule has 0 bridgehead atoms. The molecule has 2 fully saturated rings. The maximum Gasteiger partial charge on any atom is 0.0852 e. The van der Waals surface area contributed by atoms with Gasteiger partial charge in [0.2, 0.25) is 0 Å². The van der Waals surface area contributed by atoms with Crippen molar-refractivity contribution in [2.45, 2.75) is 18.9 Å². The largest absolute Gasteiger partial charge is 0.390 e. The predicted molar refractivity (Wildman–Crippen MR) is 48.6 cm³/mol. The smallest absolute Gasteiger partial charge is 0.0852 e. The molecular formula is C8H16ClNO2. The zero-order chi connectivity index (χ0) is 7.73. The van der Waals surface area contributed by atoms with Crippen molar-refractivity contribution in [1.29, 1.82) is 0 Å². The molecule has 0 amide bonds. The number of hydrogen-bond acceptors (Lipinski definition) is 3. The molecule has 0 aliphatic carbocycles. The first-order valence-electron chi connectivity index (χ1n) is 4.30. The van der Waals surface area contributed by atoms with Gasteiger partial charge >= 0.3 is 0 Å². The summed E-state index contributed by atoms with van der Waals surface area (Å²) in [7, 11) is 0. The number of piperidine rings is 1. The highest BCUT2D eigenvalue weighted by Gasteiger charge is 2.43. The van der Waals surface area contributed by atoms with Gasteiger partial charge in [0.1, 0.15) is 0 Å². The minimum atomic E-state index is -0.218. The maximum absolute atomic E-state index is 9.65. The summed E-state index contributed by atoms with van der Waals surface area (Å²) in [6.45, 7) is 3.36. The molecule has 0 aromatic rings. The number of hydrogen-bond donors (Lipinski definition) is 2. The van der Waals surface area contributed by atoms with E-state index in [0.717, 1.165) is 32.5 Å². The van der Waals surface area contributed by atoms with Gasteiger partial charge in [-0.25, -0.2) is 0 Å². The lowest BCUT2D eigenvalue weighted by Crippen LogP contribution is -2.43. The Morgan fingerprint density at radius 1 is 1.33 bits per heavy atom. The number of aliphatic hydroxyl groups is 1. The molecule has 1 spiro atoms. The van der Waals surface area contributed by atoms with Crippen LogP contribution < -0.4 is 5.32 Å². The van der Waals surface area contributed by atoms with Gasteiger partial charge in [-0.15, -0.1) is 12.4 Å². The summed E-state index contributed by atoms with van der Waals surface area (Å²) in [5.74, 6) is 0. The lowest BCUT2D eigenvalue weighted by Gasteiger charge is -2.34. The molecular weight excluding hydrogens is 178 g/mol. The van der Waals surface area contributed by atoms with Crippen molar-refractivity contribution < 1.29 is 9.84 Å². The number of ether oxygens (including phenoxy) is 1. The Morgan fingerprint density at radius 2 is 2.00 bits per heavy atom. The first-order chi connectivity index (χ1) is 5.33. The van der Waals surface area contributed by atoms with Gasteiger partial charge in [0, 0.05) is 5.41 Å². The van der Waals surface area contributed by atoms with E-state index < -0.39 is 0 Å². The maximum atomic E-state index is 9.65. The summed E-state index contributed by atoms with van der Waals surface area (Å²) in [5.41, 5.74) is 0.102. The van der Waals surface area contributed by atoms with Gasteiger partial charge in [0.15, 0.2) is 0 Å². The van der Waals surface area contributed by atoms with E-state index in [2.05, 4.69) is 5.32 Å². The zero-order valence-corrected chi connectivity index (χ0v) is 7.90. The van der Waals surface area contributed by atoms with Gasteiger partial charge in [0.05, 0.1) is 19.3 Å². The average Bonchev–Trinajstić information content (AvgIpc) is 2.36. The van der Waals surface area contributed by atoms with Crippen molar-refractivity contribution in [3.8, 4) is 0 Å². The first-order valence-corrected chi connectivity index (χ1v) is 4.30. The van der Waals surface area contributed by atoms with Gasteiger partial charge < -0.3 is 15.2 Å². The van der Waals surface area contributed by atoms with E-state index in [4.69, 9.17) is 4.74 Å². The highest BCUT2D eigenvalue weighted by molar-refractivity contribution is 5.85. The second kappa shape index (κ2) is 3.92. The molecule has 2 saturated heterocycles. The normalized spacial score (nSPS) is 33.2. The van der Waals surface area contributed by atoms with Crippen LogP contribution in [0.15, 0.2) is 0 Å². The lowest BCUT2D eigenvalue weighted by atomic mass is 9.77. The molecule has 2 aliphatic heterocycles. The minimum absolute atomic E-state index is 0. The van der Waals surface area contributed by atoms with E-state index in [0.29, 0.717) is 6.61 Å². The van der Waals surface area contributed by atoms with Crippen LogP contribution in [0.1, 0.15) is 12.8 Å². The molecule has 2 N–H and O–H groups in total. The second-order valence-corrected chi connectivity index (χ2v) is 3.64. The Hall–Kier alpha value is 0.170. The molecule has 1 atom stereocenters. The molecule has 0 aromatic heterocycles. The van der Waals surface area contributed by atoms with Crippen LogP contribution in [0.4, 0.5) is 0 Å². The Bertz CT molecular complexity index is 148. The third-order valence-electron chi connectivity index (χ3n) is 2.97. The quantitative estimate of drug-likeness (QED) is 0.577. The predicted octanol–water partition coefficient (Wildman–Crippen LogP) is 0.169. The summed E-state index contributed by atoms with van der Waals surface area (Å²) in [4.78, 5) is 0. The number of halogens is 1. The highest BCUT2D eigenvalue weighted by Crippen LogP contribution is 2.37. The molecule has 0 saturated carbocycles. The van der Waals surface area contributed by atoms with Crippen LogP contribution in [0.5, 0.6) is 0 Å². The van der Waals surface area contributed by atoms with Crippen molar-refractivity contribution in [3.63, 3.8) is 0 Å². The van der Waals surface area contributed by atoms with E-state index in [1.165, 1.54) is 0 Å². The van der Waals surface area contributed by atoms with Gasteiger partial charge in [-0.05, 0) is 25.9 Å². The monoisotopic (exact) mass is 193 g/mol. The zero-order valence-electron chi connectivity index (χ0n) is 7.08. The summed E-state index contributed by atoms with van der Waals surface area (Å²) in [5, 5.41) is 12.9. The molecule has 12 heavy (non-hydrogen) atoms. The third-order valence-corrected chi connectivity index (χ3v) is 2.97. The van der Waals surface area contributed by atoms with Crippen LogP contribution in [0, 0.1) is 5.41 Å². The fraction of sp³-hybridized carbons (Fsp3) is 1.00. The average molecular weight is 194 g/mol. The Labute approximate surface area is 78.9 Å². The van der Waals surface area contributed by atoms with Crippen molar-refractivity contribution in [2.75, 3.05) is 26.3 Å². The Balaban J connectivity index is 0.000000720. The van der Waals surface area contributed by atoms with Crippen LogP contribution in [0.3, 0.4) is 0 Å². The van der Waals surface area contributed by atoms with Crippen LogP contribution in [-0.4, -0.2) is 37.5 Å². The Kier molecular flexibility index (Phi) is 3.35. The molecule has 0 radical (unpaired) electrons. The second-order valence-electron chi connectivity index (χ2n) is 3.64. The highest BCUT2D eigenvalue weighted by atomic mass is 35.5. The topological polar surface area (TPSA) is 41.5 Å². The molecule has 3 nitrogen and oxygen atoms in total. The summed E-state index contributed by atoms with van der Waals surface area (Å²) < 4.78 is 5.27. The summed E-state index contributed by atoms with van der Waals surface area (Å²) >= 11 is 0. The molecule has 72 valence electrons. The van der Waals surface area contributed by atoms with E-state index in [-0.39, 0.29) is 23.9 Å². The molecule has 2 aliphatic rings. The van der Waals surface area contributed by atoms with Gasteiger partial charge in [0.25, 0.3) is 0 Å². The minimum Gasteiger partial charge on any atom is -0.390 e. The number of nitrogens with one attached hydrogen (secondary N) is 1. The van der Waals surface area contributed by atoms with Gasteiger partial charge in [-0.2, -0.15) is 0 Å². The summed E-state index contributed by atoms with van der Waals surface area (Å²) in [6.07, 6.45) is 1.91. The van der Waals surface area contributed by atoms with Gasteiger partial charge in [-0.1, -0.05) is 0 Å². The van der Waals surface area contributed by atoms with E-state index in [9.17, 15) is 5.11 Å². The molecule has 0 aromatic carbocycles. The van der Waals surface area contributed by atoms with Crippen molar-refractivity contribution in [1.82, 2.24) is 5.32 Å². The number of rotatable bonds is 0. The van der Waals surface area contributed by atoms with E-state index >= 15 is 0 Å². The fourth-order valence-corrected chi connectivity index (χ4v) is 2.05. The van der Waals surface area contributed by atoms with Crippen molar-refractivity contribution in [3.05, 3.63) is 0 Å². The fourth-order valence-electron chi connectivity index (χ4n) is 2.05. The van der Waals surface area contributed by atoms with Crippen LogP contribution in [-0.2, 0) is 4.74 Å². The lowest BCUT2D eigenvalue weighted by molar-refractivity contribution is 0.0444. The van der Waals surface area contributed by atoms with Crippen LogP contribution in [0.2, 0.25) is 0 Å². The van der Waals surface area contributed by atoms with E-state index in [1.54, 1.807) is 0 Å². The Morgan fingerprint density at radius 3 is 2.50 bits per heavy atom. The van der Waals surface area contributed by atoms with Crippen LogP contribution >= 0.6 is 12.4 Å². The molecule has 2 rings (SSSR count). The number of aliphatic hydroxyl groups excluding tert-OH is 1. The molecule has 0 unspecified atom stereocenters. The SMILES string of the molecule is Cl.O[C@@H]1COCC12CCNCC2. The molecule has 2 heterocycles. The van der Waals surface area contributed by atoms with Crippen molar-refractivity contribution in [2.24, 2.45) is 5.41 Å². The first kappa shape index (κ1) is 10.3. The summed E-state index contributed by atoms with van der Waals surface area (Å²) in [6, 6.07) is 0. The standard InChI is InChI=1S/C8H15NO2.ClH/c10-7-5-11-6-8(7)1-3-9-4-2-8;/h7,9-10H,1-6H2;1H/t7-;/m1./s1. The van der Waals surface area contributed by atoms with Crippen molar-refractivity contribution >= 4 is 12.4 Å².